The minimum atomic E-state index is -0.814. The minimum Gasteiger partial charge on any atom is -0.481 e. The number of amides is 1. The fraction of sp³-hybridized carbons (Fsp3) is 0.583. The highest BCUT2D eigenvalue weighted by atomic mass is 16.7. The molecule has 3 fully saturated rings. The van der Waals surface area contributed by atoms with Gasteiger partial charge in [-0.3, -0.25) is 14.5 Å². The Morgan fingerprint density at radius 1 is 1.00 bits per heavy atom. The zero-order valence-corrected chi connectivity index (χ0v) is 18.2. The van der Waals surface area contributed by atoms with Gasteiger partial charge in [0, 0.05) is 32.7 Å². The maximum absolute atomic E-state index is 13.5. The molecule has 4 aliphatic rings. The van der Waals surface area contributed by atoms with E-state index in [0.717, 1.165) is 49.5 Å². The number of carbonyl (C=O) groups excluding carboxylic acids is 1. The Morgan fingerprint density at radius 3 is 2.35 bits per heavy atom. The van der Waals surface area contributed by atoms with Crippen LogP contribution in [0.15, 0.2) is 29.3 Å². The van der Waals surface area contributed by atoms with E-state index < -0.39 is 17.8 Å². The Hall–Kier alpha value is -2.54. The Labute approximate surface area is 182 Å². The number of aliphatic carboxylic acids is 1. The van der Waals surface area contributed by atoms with E-state index in [0.29, 0.717) is 13.1 Å². The van der Waals surface area contributed by atoms with Crippen molar-refractivity contribution in [3.05, 3.63) is 34.9 Å². The molecular formula is C24H30N2O5. The van der Waals surface area contributed by atoms with E-state index in [1.807, 2.05) is 17.0 Å². The largest absolute Gasteiger partial charge is 0.481 e. The number of benzene rings is 1. The lowest BCUT2D eigenvalue weighted by atomic mass is 9.78. The van der Waals surface area contributed by atoms with Crippen LogP contribution in [0.1, 0.15) is 32.3 Å². The fourth-order valence-corrected chi connectivity index (χ4v) is 6.22. The second kappa shape index (κ2) is 7.86. The molecule has 31 heavy (non-hydrogen) atoms. The standard InChI is InChI=1S/C24H30N2O5/c1-14(2)20-16-4-5-17(20)22(24(28)29)21(16)23(27)26-9-7-25(8-10-26)12-15-3-6-18-19(11-15)31-13-30-18/h3,6,11,16-17,21-22H,4-5,7-10,12-13H2,1-2H3,(H,28,29)/t16-,17+,21+,22+/m0/s1. The molecule has 7 nitrogen and oxygen atoms in total. The molecule has 1 N–H and O–H groups in total. The van der Waals surface area contributed by atoms with Gasteiger partial charge >= 0.3 is 5.97 Å². The van der Waals surface area contributed by atoms with Crippen molar-refractivity contribution in [2.24, 2.45) is 23.7 Å². The van der Waals surface area contributed by atoms with Gasteiger partial charge in [-0.1, -0.05) is 17.2 Å². The molecule has 1 amide bonds. The monoisotopic (exact) mass is 426 g/mol. The van der Waals surface area contributed by atoms with Crippen molar-refractivity contribution >= 4 is 11.9 Å². The van der Waals surface area contributed by atoms with Crippen LogP contribution in [-0.2, 0) is 16.1 Å². The summed E-state index contributed by atoms with van der Waals surface area (Å²) in [5, 5.41) is 9.90. The average molecular weight is 427 g/mol. The van der Waals surface area contributed by atoms with Gasteiger partial charge in [0.25, 0.3) is 0 Å². The number of hydrogen-bond donors (Lipinski definition) is 1. The van der Waals surface area contributed by atoms with Crippen molar-refractivity contribution in [2.45, 2.75) is 33.2 Å². The SMILES string of the molecule is CC(C)=C1[C@H]2CC[C@@H]1[C@@H](C(=O)N1CCN(Cc3ccc4c(c3)OCO4)CC1)[C@@H]2C(=O)O. The quantitative estimate of drug-likeness (QED) is 0.746. The van der Waals surface area contributed by atoms with Gasteiger partial charge in [-0.05, 0) is 56.2 Å². The molecule has 2 aliphatic carbocycles. The van der Waals surface area contributed by atoms with E-state index in [1.165, 1.54) is 11.1 Å². The van der Waals surface area contributed by atoms with E-state index in [9.17, 15) is 14.7 Å². The third kappa shape index (κ3) is 3.49. The van der Waals surface area contributed by atoms with E-state index in [2.05, 4.69) is 24.8 Å². The summed E-state index contributed by atoms with van der Waals surface area (Å²) in [6, 6.07) is 6.02. The fourth-order valence-electron chi connectivity index (χ4n) is 6.22. The highest BCUT2D eigenvalue weighted by Crippen LogP contribution is 2.57. The van der Waals surface area contributed by atoms with Gasteiger partial charge < -0.3 is 19.5 Å². The Bertz CT molecular complexity index is 930. The van der Waals surface area contributed by atoms with Crippen molar-refractivity contribution in [2.75, 3.05) is 33.0 Å². The molecule has 1 aromatic carbocycles. The van der Waals surface area contributed by atoms with Crippen LogP contribution in [0, 0.1) is 23.7 Å². The van der Waals surface area contributed by atoms with Crippen LogP contribution >= 0.6 is 0 Å². The van der Waals surface area contributed by atoms with Crippen molar-refractivity contribution in [1.29, 1.82) is 0 Å². The number of carboxylic acids is 1. The van der Waals surface area contributed by atoms with E-state index in [1.54, 1.807) is 0 Å². The summed E-state index contributed by atoms with van der Waals surface area (Å²) in [6.07, 6.45) is 1.84. The number of rotatable bonds is 4. The number of hydrogen-bond acceptors (Lipinski definition) is 5. The van der Waals surface area contributed by atoms with E-state index in [-0.39, 0.29) is 24.5 Å². The van der Waals surface area contributed by atoms with Crippen LogP contribution < -0.4 is 9.47 Å². The molecule has 0 aromatic heterocycles. The van der Waals surface area contributed by atoms with Gasteiger partial charge in [0.05, 0.1) is 11.8 Å². The lowest BCUT2D eigenvalue weighted by Crippen LogP contribution is -2.52. The predicted octanol–water partition coefficient (Wildman–Crippen LogP) is 2.75. The molecule has 1 saturated heterocycles. The van der Waals surface area contributed by atoms with Crippen LogP contribution in [0.2, 0.25) is 0 Å². The van der Waals surface area contributed by atoms with Crippen LogP contribution in [0.25, 0.3) is 0 Å². The molecule has 5 rings (SSSR count). The summed E-state index contributed by atoms with van der Waals surface area (Å²) in [5.41, 5.74) is 3.60. The zero-order valence-electron chi connectivity index (χ0n) is 18.2. The van der Waals surface area contributed by atoms with E-state index >= 15 is 0 Å². The number of carbonyl (C=O) groups is 2. The second-order valence-corrected chi connectivity index (χ2v) is 9.42. The number of ether oxygens (including phenoxy) is 2. The first-order valence-corrected chi connectivity index (χ1v) is 11.2. The van der Waals surface area contributed by atoms with Crippen molar-refractivity contribution in [3.8, 4) is 11.5 Å². The highest BCUT2D eigenvalue weighted by molar-refractivity contribution is 5.87. The van der Waals surface area contributed by atoms with Gasteiger partial charge in [0.1, 0.15) is 0 Å². The molecule has 0 radical (unpaired) electrons. The molecule has 7 heteroatoms. The van der Waals surface area contributed by atoms with Crippen LogP contribution in [0.4, 0.5) is 0 Å². The molecule has 2 saturated carbocycles. The molecule has 2 heterocycles. The van der Waals surface area contributed by atoms with Crippen molar-refractivity contribution < 1.29 is 24.2 Å². The lowest BCUT2D eigenvalue weighted by molar-refractivity contribution is -0.153. The summed E-state index contributed by atoms with van der Waals surface area (Å²) < 4.78 is 10.8. The third-order valence-corrected chi connectivity index (χ3v) is 7.52. The Kier molecular flexibility index (Phi) is 5.16. The molecule has 0 unspecified atom stereocenters. The van der Waals surface area contributed by atoms with Gasteiger partial charge in [0.2, 0.25) is 12.7 Å². The molecular weight excluding hydrogens is 396 g/mol. The first-order valence-electron chi connectivity index (χ1n) is 11.2. The Balaban J connectivity index is 1.24. The molecule has 0 spiro atoms. The highest BCUT2D eigenvalue weighted by Gasteiger charge is 2.58. The Morgan fingerprint density at radius 2 is 1.68 bits per heavy atom. The zero-order chi connectivity index (χ0) is 21.7. The van der Waals surface area contributed by atoms with Gasteiger partial charge in [-0.2, -0.15) is 0 Å². The molecule has 166 valence electrons. The van der Waals surface area contributed by atoms with Gasteiger partial charge in [0.15, 0.2) is 11.5 Å². The first-order chi connectivity index (χ1) is 14.9. The van der Waals surface area contributed by atoms with Crippen LogP contribution in [0.5, 0.6) is 11.5 Å². The first kappa shape index (κ1) is 20.4. The summed E-state index contributed by atoms with van der Waals surface area (Å²) in [6.45, 7) is 8.05. The summed E-state index contributed by atoms with van der Waals surface area (Å²) >= 11 is 0. The van der Waals surface area contributed by atoms with Gasteiger partial charge in [-0.15, -0.1) is 0 Å². The molecule has 4 atom stereocenters. The summed E-state index contributed by atoms with van der Waals surface area (Å²) in [4.78, 5) is 29.8. The summed E-state index contributed by atoms with van der Waals surface area (Å²) in [5.74, 6) is -0.0219. The van der Waals surface area contributed by atoms with Crippen molar-refractivity contribution in [1.82, 2.24) is 9.80 Å². The third-order valence-electron chi connectivity index (χ3n) is 7.52. The molecule has 2 aliphatic heterocycles. The lowest BCUT2D eigenvalue weighted by Gasteiger charge is -2.38. The number of piperazine rings is 1. The maximum atomic E-state index is 13.5. The van der Waals surface area contributed by atoms with Gasteiger partial charge in [-0.25, -0.2) is 0 Å². The number of fused-ring (bicyclic) bond motifs is 3. The minimum absolute atomic E-state index is 0.0359. The summed E-state index contributed by atoms with van der Waals surface area (Å²) in [7, 11) is 0. The predicted molar refractivity (Wildman–Crippen MR) is 114 cm³/mol. The molecule has 2 bridgehead atoms. The van der Waals surface area contributed by atoms with E-state index in [4.69, 9.17) is 9.47 Å². The normalized spacial score (nSPS) is 29.5. The van der Waals surface area contributed by atoms with Crippen molar-refractivity contribution in [3.63, 3.8) is 0 Å². The maximum Gasteiger partial charge on any atom is 0.307 e. The van der Waals surface area contributed by atoms with Crippen LogP contribution in [0.3, 0.4) is 0 Å². The smallest absolute Gasteiger partial charge is 0.307 e. The number of carboxylic acid groups (broad SMARTS) is 1. The number of allylic oxidation sites excluding steroid dienone is 2. The van der Waals surface area contributed by atoms with Crippen LogP contribution in [-0.4, -0.2) is 59.8 Å². The second-order valence-electron chi connectivity index (χ2n) is 9.42. The topological polar surface area (TPSA) is 79.3 Å². The molecule has 1 aromatic rings. The average Bonchev–Trinajstić information content (AvgIpc) is 3.46. The number of nitrogens with zero attached hydrogens (tertiary/aromatic N) is 2.